The van der Waals surface area contributed by atoms with Gasteiger partial charge in [-0.2, -0.15) is 0 Å². The van der Waals surface area contributed by atoms with Gasteiger partial charge in [0.15, 0.2) is 0 Å². The van der Waals surface area contributed by atoms with Gasteiger partial charge >= 0.3 is 12.0 Å². The molecule has 2 atom stereocenters. The third kappa shape index (κ3) is 3.91. The van der Waals surface area contributed by atoms with Crippen molar-refractivity contribution < 1.29 is 14.7 Å². The van der Waals surface area contributed by atoms with Crippen LogP contribution in [0.5, 0.6) is 0 Å². The van der Waals surface area contributed by atoms with E-state index in [0.29, 0.717) is 6.42 Å². The molecule has 0 bridgehead atoms. The lowest BCUT2D eigenvalue weighted by atomic mass is 10.1. The minimum Gasteiger partial charge on any atom is -0.480 e. The van der Waals surface area contributed by atoms with Crippen molar-refractivity contribution in [2.75, 3.05) is 6.54 Å². The van der Waals surface area contributed by atoms with Crippen LogP contribution in [-0.2, 0) is 4.79 Å². The molecule has 1 heterocycles. The number of likely N-dealkylation sites (tertiary alicyclic amines) is 1. The molecule has 0 aromatic rings. The highest BCUT2D eigenvalue weighted by Gasteiger charge is 2.25. The SMILES string of the molecule is CC[C@@H](NC(=O)N1CCCCCC1C)C(=O)O. The Bertz CT molecular complexity index is 281. The summed E-state index contributed by atoms with van der Waals surface area (Å²) in [7, 11) is 0. The van der Waals surface area contributed by atoms with Crippen LogP contribution in [0.1, 0.15) is 46.0 Å². The minimum atomic E-state index is -0.969. The fourth-order valence-corrected chi connectivity index (χ4v) is 2.15. The van der Waals surface area contributed by atoms with Crippen LogP contribution in [-0.4, -0.2) is 40.6 Å². The van der Waals surface area contributed by atoms with E-state index in [4.69, 9.17) is 5.11 Å². The average molecular weight is 242 g/mol. The number of nitrogens with one attached hydrogen (secondary N) is 1. The Hall–Kier alpha value is -1.26. The lowest BCUT2D eigenvalue weighted by Gasteiger charge is -2.28. The Labute approximate surface area is 102 Å². The van der Waals surface area contributed by atoms with Gasteiger partial charge in [0, 0.05) is 12.6 Å². The van der Waals surface area contributed by atoms with E-state index in [2.05, 4.69) is 5.32 Å². The maximum absolute atomic E-state index is 12.0. The maximum atomic E-state index is 12.0. The second-order valence-electron chi connectivity index (χ2n) is 4.64. The number of carboxylic acid groups (broad SMARTS) is 1. The molecule has 1 saturated heterocycles. The molecule has 5 heteroatoms. The smallest absolute Gasteiger partial charge is 0.326 e. The Kier molecular flexibility index (Phi) is 5.25. The van der Waals surface area contributed by atoms with E-state index in [0.717, 1.165) is 32.2 Å². The summed E-state index contributed by atoms with van der Waals surface area (Å²) in [5.41, 5.74) is 0. The van der Waals surface area contributed by atoms with Gasteiger partial charge in [-0.25, -0.2) is 9.59 Å². The lowest BCUT2D eigenvalue weighted by molar-refractivity contribution is -0.139. The predicted octanol–water partition coefficient (Wildman–Crippen LogP) is 1.82. The molecular formula is C12H22N2O3. The van der Waals surface area contributed by atoms with Crippen LogP contribution in [0, 0.1) is 0 Å². The fraction of sp³-hybridized carbons (Fsp3) is 0.833. The van der Waals surface area contributed by atoms with Gasteiger partial charge in [-0.1, -0.05) is 19.8 Å². The van der Waals surface area contributed by atoms with Gasteiger partial charge in [0.1, 0.15) is 6.04 Å². The topological polar surface area (TPSA) is 69.6 Å². The normalized spacial score (nSPS) is 22.7. The molecule has 17 heavy (non-hydrogen) atoms. The molecule has 1 rings (SSSR count). The summed E-state index contributed by atoms with van der Waals surface area (Å²) >= 11 is 0. The maximum Gasteiger partial charge on any atom is 0.326 e. The number of nitrogens with zero attached hydrogens (tertiary/aromatic N) is 1. The second-order valence-corrected chi connectivity index (χ2v) is 4.64. The van der Waals surface area contributed by atoms with Gasteiger partial charge in [0.05, 0.1) is 0 Å². The zero-order valence-corrected chi connectivity index (χ0v) is 10.6. The molecule has 0 aliphatic carbocycles. The zero-order chi connectivity index (χ0) is 12.8. The Morgan fingerprint density at radius 2 is 2.12 bits per heavy atom. The molecule has 5 nitrogen and oxygen atoms in total. The highest BCUT2D eigenvalue weighted by atomic mass is 16.4. The number of aliphatic carboxylic acids is 1. The summed E-state index contributed by atoms with van der Waals surface area (Å²) in [5, 5.41) is 11.5. The third-order valence-electron chi connectivity index (χ3n) is 3.32. The number of urea groups is 1. The van der Waals surface area contributed by atoms with E-state index < -0.39 is 12.0 Å². The first kappa shape index (κ1) is 13.8. The number of rotatable bonds is 3. The first-order valence-electron chi connectivity index (χ1n) is 6.36. The van der Waals surface area contributed by atoms with Crippen molar-refractivity contribution in [3.8, 4) is 0 Å². The predicted molar refractivity (Wildman–Crippen MR) is 64.9 cm³/mol. The van der Waals surface area contributed by atoms with Crippen LogP contribution in [0.2, 0.25) is 0 Å². The van der Waals surface area contributed by atoms with Crippen LogP contribution in [0.15, 0.2) is 0 Å². The standard InChI is InChI=1S/C12H22N2O3/c1-3-10(11(15)16)13-12(17)14-8-6-4-5-7-9(14)2/h9-10H,3-8H2,1-2H3,(H,13,17)(H,15,16)/t9?,10-/m1/s1. The minimum absolute atomic E-state index is 0.198. The summed E-state index contributed by atoms with van der Waals surface area (Å²) in [5.74, 6) is -0.969. The molecule has 1 aliphatic rings. The highest BCUT2D eigenvalue weighted by Crippen LogP contribution is 2.16. The van der Waals surface area contributed by atoms with Crippen LogP contribution in [0.3, 0.4) is 0 Å². The van der Waals surface area contributed by atoms with Gasteiger partial charge in [0.25, 0.3) is 0 Å². The highest BCUT2D eigenvalue weighted by molar-refractivity contribution is 5.82. The quantitative estimate of drug-likeness (QED) is 0.793. The molecule has 2 N–H and O–H groups in total. The number of carbonyl (C=O) groups excluding carboxylic acids is 1. The first-order valence-corrected chi connectivity index (χ1v) is 6.36. The Balaban J connectivity index is 2.58. The van der Waals surface area contributed by atoms with Crippen LogP contribution in [0.25, 0.3) is 0 Å². The average Bonchev–Trinajstić information content (AvgIpc) is 2.50. The van der Waals surface area contributed by atoms with Crippen molar-refractivity contribution >= 4 is 12.0 Å². The number of carbonyl (C=O) groups is 2. The van der Waals surface area contributed by atoms with Gasteiger partial charge in [0.2, 0.25) is 0 Å². The van der Waals surface area contributed by atoms with E-state index in [1.807, 2.05) is 6.92 Å². The summed E-state index contributed by atoms with van der Waals surface area (Å²) in [6.07, 6.45) is 4.69. The van der Waals surface area contributed by atoms with Crippen LogP contribution < -0.4 is 5.32 Å². The van der Waals surface area contributed by atoms with E-state index in [1.54, 1.807) is 11.8 Å². The molecule has 0 aromatic carbocycles. The molecule has 1 aliphatic heterocycles. The Morgan fingerprint density at radius 1 is 1.41 bits per heavy atom. The molecule has 1 unspecified atom stereocenters. The summed E-state index contributed by atoms with van der Waals surface area (Å²) in [6, 6.07) is -0.824. The van der Waals surface area contributed by atoms with Crippen molar-refractivity contribution in [3.63, 3.8) is 0 Å². The number of amides is 2. The van der Waals surface area contributed by atoms with Crippen molar-refractivity contribution in [2.24, 2.45) is 0 Å². The lowest BCUT2D eigenvalue weighted by Crippen LogP contribution is -2.50. The van der Waals surface area contributed by atoms with Crippen molar-refractivity contribution in [1.82, 2.24) is 10.2 Å². The molecule has 2 amide bonds. The summed E-state index contributed by atoms with van der Waals surface area (Å²) in [4.78, 5) is 24.6. The first-order chi connectivity index (χ1) is 8.06. The van der Waals surface area contributed by atoms with Gasteiger partial charge < -0.3 is 15.3 Å². The number of hydrogen-bond acceptors (Lipinski definition) is 2. The van der Waals surface area contributed by atoms with E-state index in [-0.39, 0.29) is 12.1 Å². The Morgan fingerprint density at radius 3 is 2.71 bits per heavy atom. The number of hydrogen-bond donors (Lipinski definition) is 2. The van der Waals surface area contributed by atoms with Gasteiger partial charge in [-0.3, -0.25) is 0 Å². The molecular weight excluding hydrogens is 220 g/mol. The van der Waals surface area contributed by atoms with Crippen LogP contribution >= 0.6 is 0 Å². The van der Waals surface area contributed by atoms with E-state index >= 15 is 0 Å². The monoisotopic (exact) mass is 242 g/mol. The number of carboxylic acids is 1. The van der Waals surface area contributed by atoms with E-state index in [1.165, 1.54) is 0 Å². The van der Waals surface area contributed by atoms with Crippen molar-refractivity contribution in [1.29, 1.82) is 0 Å². The third-order valence-corrected chi connectivity index (χ3v) is 3.32. The summed E-state index contributed by atoms with van der Waals surface area (Å²) in [6.45, 7) is 4.50. The molecule has 0 radical (unpaired) electrons. The molecule has 1 fully saturated rings. The van der Waals surface area contributed by atoms with E-state index in [9.17, 15) is 9.59 Å². The zero-order valence-electron chi connectivity index (χ0n) is 10.6. The largest absolute Gasteiger partial charge is 0.480 e. The molecule has 98 valence electrons. The van der Waals surface area contributed by atoms with Crippen molar-refractivity contribution in [2.45, 2.75) is 58.0 Å². The molecule has 0 saturated carbocycles. The molecule has 0 aromatic heterocycles. The van der Waals surface area contributed by atoms with Crippen LogP contribution in [0.4, 0.5) is 4.79 Å². The van der Waals surface area contributed by atoms with Gasteiger partial charge in [-0.15, -0.1) is 0 Å². The second kappa shape index (κ2) is 6.47. The summed E-state index contributed by atoms with van der Waals surface area (Å²) < 4.78 is 0. The van der Waals surface area contributed by atoms with Gasteiger partial charge in [-0.05, 0) is 26.2 Å². The molecule has 0 spiro atoms. The van der Waals surface area contributed by atoms with Crippen molar-refractivity contribution in [3.05, 3.63) is 0 Å². The fourth-order valence-electron chi connectivity index (χ4n) is 2.15.